The summed E-state index contributed by atoms with van der Waals surface area (Å²) in [6.07, 6.45) is 18.2. The molecule has 0 heterocycles. The molecule has 13 heteroatoms. The van der Waals surface area contributed by atoms with Crippen LogP contribution in [0.1, 0.15) is 141 Å². The van der Waals surface area contributed by atoms with Crippen LogP contribution < -0.4 is 14.2 Å². The van der Waals surface area contributed by atoms with Crippen molar-refractivity contribution in [2.24, 2.45) is 34.5 Å². The maximum absolute atomic E-state index is 12.7. The third kappa shape index (κ3) is 18.9. The van der Waals surface area contributed by atoms with E-state index >= 15 is 0 Å². The second-order valence-corrected chi connectivity index (χ2v) is 19.2. The van der Waals surface area contributed by atoms with Gasteiger partial charge in [-0.3, -0.25) is 14.4 Å². The zero-order valence-electron chi connectivity index (χ0n) is 42.5. The van der Waals surface area contributed by atoms with E-state index in [1.807, 2.05) is 39.8 Å². The van der Waals surface area contributed by atoms with E-state index < -0.39 is 28.7 Å². The molecule has 3 aromatic rings. The van der Waals surface area contributed by atoms with Gasteiger partial charge in [0.15, 0.2) is 0 Å². The SMILES string of the molecule is CCC(C)(C)C(=O)OCCOC(=O)c1ccc(OC(=O)/C=C/c2ccc(OC)cc2)cc1.CCC1CCC(C2CCC(C(=O)Oc3ccc(/C=C/C(=O)OCCOC(=O)C(C)(C)CC)cc3)CC2)CC1. The van der Waals surface area contributed by atoms with Crippen molar-refractivity contribution in [1.82, 2.24) is 0 Å². The molecule has 0 aliphatic heterocycles. The van der Waals surface area contributed by atoms with Crippen LogP contribution in [0.5, 0.6) is 17.2 Å². The molecule has 0 saturated heterocycles. The van der Waals surface area contributed by atoms with Gasteiger partial charge in [-0.25, -0.2) is 14.4 Å². The van der Waals surface area contributed by atoms with Crippen LogP contribution in [-0.2, 0) is 42.9 Å². The predicted octanol–water partition coefficient (Wildman–Crippen LogP) is 11.6. The van der Waals surface area contributed by atoms with Gasteiger partial charge in [-0.1, -0.05) is 64.3 Å². The smallest absolute Gasteiger partial charge is 0.338 e. The topological polar surface area (TPSA) is 167 Å². The van der Waals surface area contributed by atoms with Gasteiger partial charge in [-0.15, -0.1) is 0 Å². The standard InChI is InChI=1S/C32H46O6.C25H28O7/c1-5-23-7-12-25(13-8-23)26-14-16-27(17-15-26)30(34)38-28-18-9-24(10-19-28)11-20-29(33)36-21-22-37-31(35)32(3,4)6-2;1-5-25(2,3)24(28)31-17-16-30-23(27)19-9-13-21(14-10-19)32-22(26)15-8-18-6-11-20(29-4)12-7-18/h9-11,18-20,23,25-27H,5-8,12-17,21-22H2,1-4H3;6-15H,5,16-17H2,1-4H3/b20-11+;15-8+. The van der Waals surface area contributed by atoms with Gasteiger partial charge in [0, 0.05) is 12.2 Å². The Labute approximate surface area is 414 Å². The number of esters is 6. The molecule has 3 aromatic carbocycles. The van der Waals surface area contributed by atoms with Crippen LogP contribution in [0.4, 0.5) is 0 Å². The summed E-state index contributed by atoms with van der Waals surface area (Å²) in [6, 6.07) is 20.3. The lowest BCUT2D eigenvalue weighted by atomic mass is 9.69. The monoisotopic (exact) mass is 967 g/mol. The van der Waals surface area contributed by atoms with Crippen LogP contribution in [0.15, 0.2) is 84.9 Å². The number of benzene rings is 3. The Morgan fingerprint density at radius 2 is 0.943 bits per heavy atom. The van der Waals surface area contributed by atoms with Gasteiger partial charge in [0.2, 0.25) is 0 Å². The van der Waals surface area contributed by atoms with Gasteiger partial charge in [0.05, 0.1) is 29.4 Å². The van der Waals surface area contributed by atoms with Gasteiger partial charge in [0.1, 0.15) is 43.7 Å². The molecule has 0 bridgehead atoms. The highest BCUT2D eigenvalue weighted by Gasteiger charge is 2.34. The van der Waals surface area contributed by atoms with Crippen molar-refractivity contribution < 1.29 is 61.9 Å². The third-order valence-corrected chi connectivity index (χ3v) is 13.6. The summed E-state index contributed by atoms with van der Waals surface area (Å²) in [5, 5.41) is 0. The Hall–Kier alpha value is -6.24. The minimum Gasteiger partial charge on any atom is -0.497 e. The summed E-state index contributed by atoms with van der Waals surface area (Å²) < 4.78 is 36.5. The second kappa shape index (κ2) is 28.4. The molecular formula is C57H74O13. The van der Waals surface area contributed by atoms with Crippen molar-refractivity contribution >= 4 is 48.0 Å². The number of ether oxygens (including phenoxy) is 7. The number of carbonyl (C=O) groups is 6. The van der Waals surface area contributed by atoms with Crippen LogP contribution in [0.3, 0.4) is 0 Å². The fourth-order valence-corrected chi connectivity index (χ4v) is 7.95. The Balaban J connectivity index is 0.000000309. The minimum atomic E-state index is -0.568. The quantitative estimate of drug-likeness (QED) is 0.0325. The van der Waals surface area contributed by atoms with Gasteiger partial charge >= 0.3 is 35.8 Å². The van der Waals surface area contributed by atoms with E-state index in [0.717, 1.165) is 60.3 Å². The number of methoxy groups -OCH3 is 1. The molecule has 5 rings (SSSR count). The van der Waals surface area contributed by atoms with E-state index in [4.69, 9.17) is 33.2 Å². The van der Waals surface area contributed by atoms with Crippen LogP contribution in [0.2, 0.25) is 0 Å². The largest absolute Gasteiger partial charge is 0.497 e. The first-order valence-electron chi connectivity index (χ1n) is 24.8. The number of rotatable bonds is 21. The average Bonchev–Trinajstić information content (AvgIpc) is 3.38. The first kappa shape index (κ1) is 56.3. The lowest BCUT2D eigenvalue weighted by molar-refractivity contribution is -0.158. The van der Waals surface area contributed by atoms with E-state index in [2.05, 4.69) is 6.92 Å². The predicted molar refractivity (Wildman–Crippen MR) is 268 cm³/mol. The molecule has 0 radical (unpaired) electrons. The summed E-state index contributed by atoms with van der Waals surface area (Å²) in [6.45, 7) is 13.3. The van der Waals surface area contributed by atoms with Crippen molar-refractivity contribution in [1.29, 1.82) is 0 Å². The van der Waals surface area contributed by atoms with Gasteiger partial charge in [-0.05, 0) is 169 Å². The summed E-state index contributed by atoms with van der Waals surface area (Å²) in [5.74, 6) is 1.69. The first-order valence-corrected chi connectivity index (χ1v) is 24.8. The van der Waals surface area contributed by atoms with Crippen molar-refractivity contribution in [2.75, 3.05) is 33.5 Å². The highest BCUT2D eigenvalue weighted by molar-refractivity contribution is 5.91. The maximum atomic E-state index is 12.7. The maximum Gasteiger partial charge on any atom is 0.338 e. The molecule has 2 aliphatic rings. The zero-order chi connectivity index (χ0) is 51.1. The first-order chi connectivity index (χ1) is 33.5. The molecule has 380 valence electrons. The summed E-state index contributed by atoms with van der Waals surface area (Å²) in [4.78, 5) is 72.5. The number of carbonyl (C=O) groups excluding carboxylic acids is 6. The molecule has 0 unspecified atom stereocenters. The minimum absolute atomic E-state index is 0.00545. The number of hydrogen-bond acceptors (Lipinski definition) is 13. The molecule has 70 heavy (non-hydrogen) atoms. The fraction of sp³-hybridized carbons (Fsp3) is 0.509. The van der Waals surface area contributed by atoms with Crippen LogP contribution in [0.25, 0.3) is 12.2 Å². The summed E-state index contributed by atoms with van der Waals surface area (Å²) in [5.41, 5.74) is 0.790. The molecule has 0 N–H and O–H groups in total. The Morgan fingerprint density at radius 1 is 0.514 bits per heavy atom. The molecule has 13 nitrogen and oxygen atoms in total. The lowest BCUT2D eigenvalue weighted by Crippen LogP contribution is -2.30. The summed E-state index contributed by atoms with van der Waals surface area (Å²) >= 11 is 0. The van der Waals surface area contributed by atoms with Crippen molar-refractivity contribution in [3.05, 3.63) is 102 Å². The Morgan fingerprint density at radius 3 is 1.43 bits per heavy atom. The van der Waals surface area contributed by atoms with Crippen molar-refractivity contribution in [3.63, 3.8) is 0 Å². The normalized spacial score (nSPS) is 18.2. The fourth-order valence-electron chi connectivity index (χ4n) is 7.95. The highest BCUT2D eigenvalue weighted by atomic mass is 16.6. The van der Waals surface area contributed by atoms with E-state index in [1.165, 1.54) is 68.5 Å². The lowest BCUT2D eigenvalue weighted by Gasteiger charge is -2.37. The third-order valence-electron chi connectivity index (χ3n) is 13.6. The molecular weight excluding hydrogens is 893 g/mol. The molecule has 2 aliphatic carbocycles. The number of hydrogen-bond donors (Lipinski definition) is 0. The molecule has 0 atom stereocenters. The van der Waals surface area contributed by atoms with E-state index in [0.29, 0.717) is 29.9 Å². The molecule has 2 saturated carbocycles. The van der Waals surface area contributed by atoms with Crippen LogP contribution in [-0.4, -0.2) is 69.4 Å². The van der Waals surface area contributed by atoms with Gasteiger partial charge < -0.3 is 33.2 Å². The van der Waals surface area contributed by atoms with E-state index in [1.54, 1.807) is 69.5 Å². The average molecular weight is 967 g/mol. The van der Waals surface area contributed by atoms with Crippen molar-refractivity contribution in [2.45, 2.75) is 119 Å². The van der Waals surface area contributed by atoms with Crippen molar-refractivity contribution in [3.8, 4) is 17.2 Å². The van der Waals surface area contributed by atoms with Crippen LogP contribution in [0, 0.1) is 34.5 Å². The molecule has 2 fully saturated rings. The second-order valence-electron chi connectivity index (χ2n) is 19.2. The zero-order valence-corrected chi connectivity index (χ0v) is 42.5. The van der Waals surface area contributed by atoms with E-state index in [-0.39, 0.29) is 50.3 Å². The Bertz CT molecular complexity index is 2190. The van der Waals surface area contributed by atoms with E-state index in [9.17, 15) is 28.8 Å². The molecule has 0 amide bonds. The Kier molecular flexibility index (Phi) is 22.9. The molecule has 0 spiro atoms. The van der Waals surface area contributed by atoms with Gasteiger partial charge in [-0.2, -0.15) is 0 Å². The highest BCUT2D eigenvalue weighted by Crippen LogP contribution is 2.42. The van der Waals surface area contributed by atoms with Gasteiger partial charge in [0.25, 0.3) is 0 Å². The van der Waals surface area contributed by atoms with Crippen LogP contribution >= 0.6 is 0 Å². The summed E-state index contributed by atoms with van der Waals surface area (Å²) in [7, 11) is 1.58. The molecule has 0 aromatic heterocycles.